The minimum atomic E-state index is -0.687. The molecular weight excluding hydrogens is 330 g/mol. The van der Waals surface area contributed by atoms with Crippen molar-refractivity contribution in [2.24, 2.45) is 0 Å². The number of pyridine rings is 1. The van der Waals surface area contributed by atoms with Crippen molar-refractivity contribution in [2.45, 2.75) is 32.9 Å². The number of ether oxygens (including phenoxy) is 1. The summed E-state index contributed by atoms with van der Waals surface area (Å²) >= 11 is 0. The van der Waals surface area contributed by atoms with Gasteiger partial charge in [0.2, 0.25) is 0 Å². The zero-order chi connectivity index (χ0) is 18.5. The van der Waals surface area contributed by atoms with E-state index in [1.165, 1.54) is 0 Å². The first-order valence-electron chi connectivity index (χ1n) is 8.45. The van der Waals surface area contributed by atoms with Crippen molar-refractivity contribution in [3.05, 3.63) is 53.7 Å². The molecular formula is C20H19N3O3. The van der Waals surface area contributed by atoms with Crippen LogP contribution in [0.3, 0.4) is 0 Å². The van der Waals surface area contributed by atoms with E-state index < -0.39 is 11.7 Å². The summed E-state index contributed by atoms with van der Waals surface area (Å²) in [6.45, 7) is 5.50. The first-order chi connectivity index (χ1) is 12.3. The number of hydrogen-bond donors (Lipinski definition) is 1. The highest BCUT2D eigenvalue weighted by molar-refractivity contribution is 6.16. The summed E-state index contributed by atoms with van der Waals surface area (Å²) in [6.07, 6.45) is 1.02. The number of fused-ring (bicyclic) bond motifs is 5. The number of carbonyl (C=O) groups is 2. The second kappa shape index (κ2) is 5.69. The number of benzene rings is 1. The van der Waals surface area contributed by atoms with Crippen molar-refractivity contribution in [3.8, 4) is 11.3 Å². The average molecular weight is 349 g/mol. The second-order valence-electron chi connectivity index (χ2n) is 7.30. The molecule has 0 bridgehead atoms. The van der Waals surface area contributed by atoms with Gasteiger partial charge in [-0.2, -0.15) is 0 Å². The molecule has 1 aromatic carbocycles. The van der Waals surface area contributed by atoms with E-state index in [1.54, 1.807) is 33.0 Å². The van der Waals surface area contributed by atoms with Crippen LogP contribution in [0.4, 0.5) is 4.79 Å². The molecule has 3 heterocycles. The highest BCUT2D eigenvalue weighted by Crippen LogP contribution is 2.36. The number of imide groups is 1. The highest BCUT2D eigenvalue weighted by atomic mass is 16.6. The maximum atomic E-state index is 13.3. The van der Waals surface area contributed by atoms with Crippen LogP contribution in [0.1, 0.15) is 36.7 Å². The fraction of sp³-hybridized carbons (Fsp3) is 0.250. The Morgan fingerprint density at radius 1 is 1.19 bits per heavy atom. The number of aromatic amines is 1. The van der Waals surface area contributed by atoms with Crippen molar-refractivity contribution in [2.75, 3.05) is 0 Å². The molecule has 3 aromatic rings. The minimum Gasteiger partial charge on any atom is -0.443 e. The molecule has 6 nitrogen and oxygen atoms in total. The van der Waals surface area contributed by atoms with E-state index >= 15 is 0 Å². The molecule has 0 fully saturated rings. The summed E-state index contributed by atoms with van der Waals surface area (Å²) in [5.41, 5.74) is 2.83. The minimum absolute atomic E-state index is 0.161. The molecule has 0 saturated carbocycles. The number of nitrogens with zero attached hydrogens (tertiary/aromatic N) is 2. The molecule has 0 atom stereocenters. The lowest BCUT2D eigenvalue weighted by Gasteiger charge is -2.25. The largest absolute Gasteiger partial charge is 0.443 e. The molecule has 6 heteroatoms. The van der Waals surface area contributed by atoms with Gasteiger partial charge in [-0.15, -0.1) is 0 Å². The zero-order valence-corrected chi connectivity index (χ0v) is 14.9. The smallest absolute Gasteiger partial charge is 0.417 e. The number of carbonyl (C=O) groups excluding carboxylic acids is 2. The van der Waals surface area contributed by atoms with Crippen LogP contribution in [0.5, 0.6) is 0 Å². The number of aromatic nitrogens is 2. The molecule has 2 amide bonds. The summed E-state index contributed by atoms with van der Waals surface area (Å²) in [6, 6.07) is 11.3. The van der Waals surface area contributed by atoms with Crippen molar-refractivity contribution in [3.63, 3.8) is 0 Å². The van der Waals surface area contributed by atoms with Crippen molar-refractivity contribution in [1.29, 1.82) is 0 Å². The van der Waals surface area contributed by atoms with Crippen LogP contribution in [0, 0.1) is 0 Å². The Labute approximate surface area is 150 Å². The lowest BCUT2D eigenvalue weighted by Crippen LogP contribution is -2.39. The Bertz CT molecular complexity index is 1030. The summed E-state index contributed by atoms with van der Waals surface area (Å²) in [4.78, 5) is 34.7. The van der Waals surface area contributed by atoms with Crippen LogP contribution >= 0.6 is 0 Å². The summed E-state index contributed by atoms with van der Waals surface area (Å²) < 4.78 is 5.46. The van der Waals surface area contributed by atoms with Crippen LogP contribution in [0.2, 0.25) is 0 Å². The van der Waals surface area contributed by atoms with Crippen LogP contribution in [-0.4, -0.2) is 32.5 Å². The molecule has 2 aromatic heterocycles. The molecule has 1 N–H and O–H groups in total. The predicted molar refractivity (Wildman–Crippen MR) is 97.6 cm³/mol. The Hall–Kier alpha value is -3.15. The van der Waals surface area contributed by atoms with Gasteiger partial charge in [0.05, 0.1) is 17.8 Å². The molecule has 1 aliphatic heterocycles. The Kier molecular flexibility index (Phi) is 3.57. The first-order valence-corrected chi connectivity index (χ1v) is 8.45. The van der Waals surface area contributed by atoms with Crippen LogP contribution in [0.25, 0.3) is 22.3 Å². The first kappa shape index (κ1) is 16.3. The Morgan fingerprint density at radius 3 is 2.73 bits per heavy atom. The normalized spacial score (nSPS) is 14.0. The van der Waals surface area contributed by atoms with Gasteiger partial charge in [-0.05, 0) is 38.5 Å². The van der Waals surface area contributed by atoms with E-state index in [1.807, 2.05) is 30.3 Å². The monoisotopic (exact) mass is 349 g/mol. The lowest BCUT2D eigenvalue weighted by atomic mass is 10.0. The fourth-order valence-electron chi connectivity index (χ4n) is 3.19. The van der Waals surface area contributed by atoms with E-state index in [2.05, 4.69) is 9.97 Å². The standard InChI is InChI=1S/C20H19N3O3/c1-20(2,3)26-19(25)23-11-12-7-4-5-8-13(12)16-15(18(23)24)14-9-6-10-21-17(14)22-16/h4-10H,11H2,1-3H3,(H,21,22). The summed E-state index contributed by atoms with van der Waals surface area (Å²) in [5.74, 6) is -0.385. The van der Waals surface area contributed by atoms with Gasteiger partial charge in [-0.3, -0.25) is 4.79 Å². The third kappa shape index (κ3) is 2.63. The van der Waals surface area contributed by atoms with Crippen LogP contribution in [-0.2, 0) is 11.3 Å². The van der Waals surface area contributed by atoms with Crippen molar-refractivity contribution < 1.29 is 14.3 Å². The number of amides is 2. The number of hydrogen-bond acceptors (Lipinski definition) is 4. The van der Waals surface area contributed by atoms with Gasteiger partial charge in [0.15, 0.2) is 0 Å². The van der Waals surface area contributed by atoms with E-state index in [9.17, 15) is 9.59 Å². The van der Waals surface area contributed by atoms with Gasteiger partial charge in [0.25, 0.3) is 5.91 Å². The molecule has 132 valence electrons. The molecule has 0 radical (unpaired) electrons. The maximum absolute atomic E-state index is 13.3. The van der Waals surface area contributed by atoms with Crippen LogP contribution in [0.15, 0.2) is 42.6 Å². The van der Waals surface area contributed by atoms with E-state index in [0.717, 1.165) is 16.0 Å². The summed E-state index contributed by atoms with van der Waals surface area (Å²) in [5, 5.41) is 0.692. The molecule has 0 saturated heterocycles. The Morgan fingerprint density at radius 2 is 1.96 bits per heavy atom. The van der Waals surface area contributed by atoms with Gasteiger partial charge in [0.1, 0.15) is 11.2 Å². The third-order valence-electron chi connectivity index (χ3n) is 4.26. The predicted octanol–water partition coefficient (Wildman–Crippen LogP) is 4.12. The molecule has 26 heavy (non-hydrogen) atoms. The maximum Gasteiger partial charge on any atom is 0.417 e. The Balaban J connectivity index is 1.93. The molecule has 0 aliphatic carbocycles. The molecule has 4 rings (SSSR count). The van der Waals surface area contributed by atoms with Gasteiger partial charge < -0.3 is 9.72 Å². The molecule has 1 aliphatic rings. The van der Waals surface area contributed by atoms with Gasteiger partial charge in [-0.1, -0.05) is 24.3 Å². The fourth-order valence-corrected chi connectivity index (χ4v) is 3.19. The van der Waals surface area contributed by atoms with E-state index in [4.69, 9.17) is 4.74 Å². The topological polar surface area (TPSA) is 75.3 Å². The quantitative estimate of drug-likeness (QED) is 0.662. The summed E-state index contributed by atoms with van der Waals surface area (Å²) in [7, 11) is 0. The number of nitrogens with one attached hydrogen (secondary N) is 1. The van der Waals surface area contributed by atoms with Crippen molar-refractivity contribution in [1.82, 2.24) is 14.9 Å². The average Bonchev–Trinajstić information content (AvgIpc) is 2.91. The van der Waals surface area contributed by atoms with Gasteiger partial charge in [-0.25, -0.2) is 14.7 Å². The van der Waals surface area contributed by atoms with E-state index in [0.29, 0.717) is 22.3 Å². The number of H-pyrrole nitrogens is 1. The second-order valence-corrected chi connectivity index (χ2v) is 7.30. The third-order valence-corrected chi connectivity index (χ3v) is 4.26. The van der Waals surface area contributed by atoms with E-state index in [-0.39, 0.29) is 12.5 Å². The number of rotatable bonds is 0. The highest BCUT2D eigenvalue weighted by Gasteiger charge is 2.35. The lowest BCUT2D eigenvalue weighted by molar-refractivity contribution is 0.0230. The van der Waals surface area contributed by atoms with Gasteiger partial charge >= 0.3 is 6.09 Å². The molecule has 0 spiro atoms. The van der Waals surface area contributed by atoms with Crippen molar-refractivity contribution >= 4 is 23.0 Å². The van der Waals surface area contributed by atoms with Crippen LogP contribution < -0.4 is 0 Å². The van der Waals surface area contributed by atoms with Gasteiger partial charge in [0, 0.05) is 17.1 Å². The zero-order valence-electron chi connectivity index (χ0n) is 14.9. The SMILES string of the molecule is CC(C)(C)OC(=O)N1Cc2ccccc2-c2[nH]c3ncccc3c2C1=O. The molecule has 0 unspecified atom stereocenters.